The van der Waals surface area contributed by atoms with Gasteiger partial charge in [0.15, 0.2) is 0 Å². The molecule has 0 saturated carbocycles. The minimum Gasteiger partial charge on any atom is -0.462 e. The van der Waals surface area contributed by atoms with E-state index in [0.717, 1.165) is 6.08 Å². The normalized spacial score (nSPS) is 21.6. The van der Waals surface area contributed by atoms with E-state index in [2.05, 4.69) is 9.47 Å². The maximum atomic E-state index is 13.0. The van der Waals surface area contributed by atoms with Gasteiger partial charge in [0.1, 0.15) is 11.3 Å². The lowest BCUT2D eigenvalue weighted by molar-refractivity contribution is -0.316. The van der Waals surface area contributed by atoms with Crippen LogP contribution in [0.5, 0.6) is 5.75 Å². The summed E-state index contributed by atoms with van der Waals surface area (Å²) < 4.78 is 48.3. The molecule has 0 radical (unpaired) electrons. The lowest BCUT2D eigenvalue weighted by Gasteiger charge is -2.34. The van der Waals surface area contributed by atoms with E-state index < -0.39 is 23.5 Å². The fourth-order valence-corrected chi connectivity index (χ4v) is 1.78. The number of rotatable bonds is 2. The molecule has 0 aliphatic carbocycles. The zero-order valence-electron chi connectivity index (χ0n) is 10.4. The quantitative estimate of drug-likeness (QED) is 0.848. The van der Waals surface area contributed by atoms with Gasteiger partial charge < -0.3 is 14.6 Å². The topological polar surface area (TPSA) is 55.8 Å². The predicted octanol–water partition coefficient (Wildman–Crippen LogP) is 2.28. The number of carbonyl (C=O) groups is 1. The van der Waals surface area contributed by atoms with Crippen molar-refractivity contribution in [3.8, 4) is 5.75 Å². The summed E-state index contributed by atoms with van der Waals surface area (Å²) in [6, 6.07) is 5.76. The van der Waals surface area contributed by atoms with Gasteiger partial charge in [0.25, 0.3) is 0 Å². The van der Waals surface area contributed by atoms with Gasteiger partial charge in [-0.2, -0.15) is 13.2 Å². The summed E-state index contributed by atoms with van der Waals surface area (Å²) in [5, 5.41) is 9.80. The zero-order chi connectivity index (χ0) is 15.0. The van der Waals surface area contributed by atoms with Crippen molar-refractivity contribution < 1.29 is 32.5 Å². The number of ether oxygens (including phenoxy) is 2. The molecule has 0 bridgehead atoms. The van der Waals surface area contributed by atoms with Crippen molar-refractivity contribution in [2.45, 2.75) is 18.9 Å². The minimum atomic E-state index is -5.18. The smallest absolute Gasteiger partial charge is 0.460 e. The number of benzene rings is 1. The van der Waals surface area contributed by atoms with Gasteiger partial charge in [0.05, 0.1) is 6.61 Å². The summed E-state index contributed by atoms with van der Waals surface area (Å²) in [4.78, 5) is 11.6. The predicted molar refractivity (Wildman–Crippen MR) is 62.7 cm³/mol. The molecule has 0 aromatic heterocycles. The fourth-order valence-electron chi connectivity index (χ4n) is 1.78. The lowest BCUT2D eigenvalue weighted by Crippen LogP contribution is -2.55. The Morgan fingerprint density at radius 2 is 2.05 bits per heavy atom. The summed E-state index contributed by atoms with van der Waals surface area (Å²) in [6.07, 6.45) is -4.26. The maximum absolute atomic E-state index is 13.0. The summed E-state index contributed by atoms with van der Waals surface area (Å²) in [5.41, 5.74) is -0.741. The van der Waals surface area contributed by atoms with Crippen LogP contribution in [-0.2, 0) is 9.53 Å². The number of halogens is 3. The Labute approximate surface area is 112 Å². The van der Waals surface area contributed by atoms with Gasteiger partial charge in [-0.05, 0) is 19.1 Å². The molecule has 4 nitrogen and oxygen atoms in total. The average Bonchev–Trinajstić information content (AvgIpc) is 2.36. The van der Waals surface area contributed by atoms with Crippen LogP contribution < -0.4 is 4.74 Å². The second-order valence-corrected chi connectivity index (χ2v) is 4.06. The zero-order valence-corrected chi connectivity index (χ0v) is 10.4. The molecule has 7 heteroatoms. The molecule has 1 aliphatic rings. The first-order valence-electron chi connectivity index (χ1n) is 5.76. The van der Waals surface area contributed by atoms with Crippen LogP contribution in [0.25, 0.3) is 6.08 Å². The highest BCUT2D eigenvalue weighted by Gasteiger charge is 2.63. The second-order valence-electron chi connectivity index (χ2n) is 4.06. The molecule has 0 saturated heterocycles. The van der Waals surface area contributed by atoms with Crippen LogP contribution in [0.15, 0.2) is 29.8 Å². The third kappa shape index (κ3) is 2.24. The molecular formula is C13H11F3O4. The lowest BCUT2D eigenvalue weighted by atomic mass is 9.98. The van der Waals surface area contributed by atoms with Crippen LogP contribution in [0.4, 0.5) is 13.2 Å². The number of fused-ring (bicyclic) bond motifs is 1. The number of hydrogen-bond acceptors (Lipinski definition) is 4. The minimum absolute atomic E-state index is 0.119. The third-order valence-corrected chi connectivity index (χ3v) is 2.72. The van der Waals surface area contributed by atoms with Crippen molar-refractivity contribution >= 4 is 12.0 Å². The Balaban J connectivity index is 2.56. The molecule has 1 heterocycles. The summed E-state index contributed by atoms with van der Waals surface area (Å²) in [7, 11) is 0. The highest BCUT2D eigenvalue weighted by atomic mass is 19.4. The first-order chi connectivity index (χ1) is 9.29. The van der Waals surface area contributed by atoms with Gasteiger partial charge in [-0.15, -0.1) is 0 Å². The van der Waals surface area contributed by atoms with Crippen molar-refractivity contribution in [3.63, 3.8) is 0 Å². The Morgan fingerprint density at radius 3 is 2.65 bits per heavy atom. The van der Waals surface area contributed by atoms with Crippen molar-refractivity contribution in [1.29, 1.82) is 0 Å². The van der Waals surface area contributed by atoms with Gasteiger partial charge in [-0.3, -0.25) is 0 Å². The van der Waals surface area contributed by atoms with Crippen LogP contribution >= 0.6 is 0 Å². The molecule has 1 aliphatic heterocycles. The Kier molecular flexibility index (Phi) is 3.47. The van der Waals surface area contributed by atoms with Crippen molar-refractivity contribution in [2.75, 3.05) is 6.61 Å². The van der Waals surface area contributed by atoms with Crippen LogP contribution in [0.2, 0.25) is 0 Å². The number of esters is 1. The summed E-state index contributed by atoms with van der Waals surface area (Å²) >= 11 is 0. The standard InChI is InChI=1S/C13H11F3O4/c1-2-19-11(17)9-7-8-5-3-4-6-10(8)20-12(9,18)13(14,15)16/h3-7,18H,2H2,1H3/t12-/m0/s1. The van der Waals surface area contributed by atoms with Crippen molar-refractivity contribution in [1.82, 2.24) is 0 Å². The molecule has 0 unspecified atom stereocenters. The van der Waals surface area contributed by atoms with E-state index in [0.29, 0.717) is 0 Å². The Morgan fingerprint density at radius 1 is 1.40 bits per heavy atom. The molecule has 1 atom stereocenters. The molecule has 1 N–H and O–H groups in total. The van der Waals surface area contributed by atoms with E-state index in [9.17, 15) is 23.1 Å². The van der Waals surface area contributed by atoms with Gasteiger partial charge >= 0.3 is 17.9 Å². The van der Waals surface area contributed by atoms with E-state index in [4.69, 9.17) is 0 Å². The number of para-hydroxylation sites is 1. The Bertz CT molecular complexity index is 565. The SMILES string of the molecule is CCOC(=O)C1=Cc2ccccc2O[C@]1(O)C(F)(F)F. The van der Waals surface area contributed by atoms with Crippen LogP contribution in [0.1, 0.15) is 12.5 Å². The molecule has 0 amide bonds. The van der Waals surface area contributed by atoms with E-state index in [1.165, 1.54) is 25.1 Å². The highest BCUT2D eigenvalue weighted by molar-refractivity contribution is 5.97. The van der Waals surface area contributed by atoms with Crippen molar-refractivity contribution in [2.24, 2.45) is 0 Å². The first kappa shape index (κ1) is 14.4. The Hall–Kier alpha value is -2.02. The number of carbonyl (C=O) groups excluding carboxylic acids is 1. The van der Waals surface area contributed by atoms with Gasteiger partial charge in [0, 0.05) is 5.56 Å². The van der Waals surface area contributed by atoms with Crippen LogP contribution in [0.3, 0.4) is 0 Å². The van der Waals surface area contributed by atoms with E-state index in [1.807, 2.05) is 0 Å². The van der Waals surface area contributed by atoms with Gasteiger partial charge in [0.2, 0.25) is 0 Å². The molecule has 0 spiro atoms. The van der Waals surface area contributed by atoms with E-state index >= 15 is 0 Å². The van der Waals surface area contributed by atoms with Gasteiger partial charge in [-0.1, -0.05) is 18.2 Å². The van der Waals surface area contributed by atoms with E-state index in [-0.39, 0.29) is 17.9 Å². The number of aliphatic hydroxyl groups is 1. The average molecular weight is 288 g/mol. The first-order valence-corrected chi connectivity index (χ1v) is 5.76. The number of alkyl halides is 3. The molecule has 108 valence electrons. The van der Waals surface area contributed by atoms with Gasteiger partial charge in [-0.25, -0.2) is 4.79 Å². The maximum Gasteiger partial charge on any atom is 0.460 e. The summed E-state index contributed by atoms with van der Waals surface area (Å²) in [5.74, 6) is -5.16. The molecule has 1 aromatic rings. The molecule has 0 fully saturated rings. The molecule has 20 heavy (non-hydrogen) atoms. The highest BCUT2D eigenvalue weighted by Crippen LogP contribution is 2.43. The molecule has 2 rings (SSSR count). The second kappa shape index (κ2) is 4.82. The van der Waals surface area contributed by atoms with Crippen LogP contribution in [0, 0.1) is 0 Å². The summed E-state index contributed by atoms with van der Waals surface area (Å²) in [6.45, 7) is 1.33. The van der Waals surface area contributed by atoms with Crippen molar-refractivity contribution in [3.05, 3.63) is 35.4 Å². The molecule has 1 aromatic carbocycles. The largest absolute Gasteiger partial charge is 0.462 e. The molecular weight excluding hydrogens is 277 g/mol. The number of hydrogen-bond donors (Lipinski definition) is 1. The fraction of sp³-hybridized carbons (Fsp3) is 0.308. The third-order valence-electron chi connectivity index (χ3n) is 2.72. The van der Waals surface area contributed by atoms with E-state index in [1.54, 1.807) is 6.07 Å². The monoisotopic (exact) mass is 288 g/mol. The van der Waals surface area contributed by atoms with Crippen LogP contribution in [-0.4, -0.2) is 29.6 Å².